The monoisotopic (exact) mass is 446 g/mol. The lowest BCUT2D eigenvalue weighted by atomic mass is 9.95. The van der Waals surface area contributed by atoms with E-state index in [4.69, 9.17) is 0 Å². The van der Waals surface area contributed by atoms with Crippen molar-refractivity contribution < 1.29 is 19.2 Å². The van der Waals surface area contributed by atoms with Gasteiger partial charge in [0.05, 0.1) is 6.04 Å². The van der Waals surface area contributed by atoms with Crippen molar-refractivity contribution in [1.29, 1.82) is 0 Å². The molecule has 33 heavy (non-hydrogen) atoms. The van der Waals surface area contributed by atoms with Crippen LogP contribution in [-0.2, 0) is 27.2 Å². The molecule has 2 heterocycles. The minimum Gasteiger partial charge on any atom is -0.326 e. The van der Waals surface area contributed by atoms with Crippen LogP contribution >= 0.6 is 0 Å². The van der Waals surface area contributed by atoms with Crippen molar-refractivity contribution in [3.8, 4) is 0 Å². The summed E-state index contributed by atoms with van der Waals surface area (Å²) in [7, 11) is 1.63. The molecule has 2 fully saturated rings. The average Bonchev–Trinajstić information content (AvgIpc) is 3.28. The van der Waals surface area contributed by atoms with Gasteiger partial charge in [0.2, 0.25) is 11.8 Å². The lowest BCUT2D eigenvalue weighted by molar-refractivity contribution is -0.139. The molecule has 2 aromatic rings. The van der Waals surface area contributed by atoms with Crippen LogP contribution in [0.15, 0.2) is 48.5 Å². The van der Waals surface area contributed by atoms with Gasteiger partial charge in [-0.2, -0.15) is 0 Å². The van der Waals surface area contributed by atoms with E-state index in [2.05, 4.69) is 10.6 Å². The smallest absolute Gasteiger partial charge is 0.324 e. The van der Waals surface area contributed by atoms with Crippen LogP contribution in [0.1, 0.15) is 42.0 Å². The number of carbonyl (C=O) groups is 4. The van der Waals surface area contributed by atoms with Gasteiger partial charge in [-0.15, -0.1) is 0 Å². The van der Waals surface area contributed by atoms with Crippen molar-refractivity contribution in [3.05, 3.63) is 65.2 Å². The van der Waals surface area contributed by atoms with Crippen LogP contribution < -0.4 is 10.6 Å². The van der Waals surface area contributed by atoms with Crippen molar-refractivity contribution in [2.45, 2.75) is 43.7 Å². The van der Waals surface area contributed by atoms with E-state index in [1.807, 2.05) is 42.5 Å². The fourth-order valence-corrected chi connectivity index (χ4v) is 5.27. The highest BCUT2D eigenvalue weighted by molar-refractivity contribution is 6.07. The quantitative estimate of drug-likeness (QED) is 0.705. The molecule has 2 aromatic carbocycles. The number of hydrogen-bond donors (Lipinski definition) is 2. The fourth-order valence-electron chi connectivity index (χ4n) is 5.27. The number of imide groups is 1. The maximum absolute atomic E-state index is 12.9. The Morgan fingerprint density at radius 3 is 2.58 bits per heavy atom. The number of nitrogens with zero attached hydrogens (tertiary/aromatic N) is 2. The minimum absolute atomic E-state index is 0.0129. The molecule has 0 bridgehead atoms. The first-order valence-corrected chi connectivity index (χ1v) is 11.2. The van der Waals surface area contributed by atoms with E-state index in [1.165, 1.54) is 4.90 Å². The van der Waals surface area contributed by atoms with E-state index in [9.17, 15) is 19.2 Å². The molecule has 8 heteroatoms. The Bertz CT molecular complexity index is 1150. The van der Waals surface area contributed by atoms with E-state index < -0.39 is 5.54 Å². The molecule has 2 atom stereocenters. The highest BCUT2D eigenvalue weighted by atomic mass is 16.2. The molecule has 0 aromatic heterocycles. The zero-order valence-corrected chi connectivity index (χ0v) is 18.5. The molecule has 5 rings (SSSR count). The number of rotatable bonds is 4. The number of nitrogens with one attached hydrogen (secondary N) is 2. The summed E-state index contributed by atoms with van der Waals surface area (Å²) in [5, 5.41) is 5.30. The molecule has 2 N–H and O–H groups in total. The van der Waals surface area contributed by atoms with Crippen LogP contribution in [0.25, 0.3) is 0 Å². The van der Waals surface area contributed by atoms with Gasteiger partial charge in [0.1, 0.15) is 12.1 Å². The third-order valence-corrected chi connectivity index (χ3v) is 7.11. The molecule has 0 radical (unpaired) electrons. The number of benzene rings is 2. The van der Waals surface area contributed by atoms with Crippen LogP contribution in [0.2, 0.25) is 0 Å². The summed E-state index contributed by atoms with van der Waals surface area (Å²) in [5.74, 6) is -0.557. The van der Waals surface area contributed by atoms with E-state index in [1.54, 1.807) is 18.0 Å². The van der Waals surface area contributed by atoms with E-state index in [-0.39, 0.29) is 36.3 Å². The highest BCUT2D eigenvalue weighted by Crippen LogP contribution is 2.38. The number of likely N-dealkylation sites (N-methyl/N-ethyl adjacent to an activating group) is 1. The third kappa shape index (κ3) is 3.65. The molecule has 3 aliphatic rings. The summed E-state index contributed by atoms with van der Waals surface area (Å²) < 4.78 is 0. The Labute approximate surface area is 191 Å². The Kier molecular flexibility index (Phi) is 5.15. The number of piperidine rings is 1. The molecule has 0 saturated carbocycles. The summed E-state index contributed by atoms with van der Waals surface area (Å²) in [5.41, 5.74) is 2.67. The summed E-state index contributed by atoms with van der Waals surface area (Å²) in [6.07, 6.45) is 2.95. The second-order valence-electron chi connectivity index (χ2n) is 9.08. The zero-order valence-electron chi connectivity index (χ0n) is 18.5. The first-order valence-electron chi connectivity index (χ1n) is 11.2. The van der Waals surface area contributed by atoms with Crippen LogP contribution in [0.4, 0.5) is 10.5 Å². The normalized spacial score (nSPS) is 24.3. The van der Waals surface area contributed by atoms with Crippen molar-refractivity contribution in [2.75, 3.05) is 18.9 Å². The summed E-state index contributed by atoms with van der Waals surface area (Å²) in [6.45, 7) is -0.0148. The predicted octanol–water partition coefficient (Wildman–Crippen LogP) is 2.40. The number of amides is 5. The number of carbonyl (C=O) groups excluding carboxylic acids is 4. The molecular weight excluding hydrogens is 420 g/mol. The lowest BCUT2D eigenvalue weighted by Gasteiger charge is -2.35. The van der Waals surface area contributed by atoms with Gasteiger partial charge in [0.25, 0.3) is 5.91 Å². The number of urea groups is 1. The summed E-state index contributed by atoms with van der Waals surface area (Å²) in [4.78, 5) is 53.1. The van der Waals surface area contributed by atoms with Crippen LogP contribution in [-0.4, -0.2) is 52.7 Å². The Morgan fingerprint density at radius 2 is 1.85 bits per heavy atom. The Balaban J connectivity index is 1.30. The van der Waals surface area contributed by atoms with Crippen molar-refractivity contribution in [2.24, 2.45) is 0 Å². The topological polar surface area (TPSA) is 98.8 Å². The summed E-state index contributed by atoms with van der Waals surface area (Å²) >= 11 is 0. The molecule has 0 unspecified atom stereocenters. The van der Waals surface area contributed by atoms with Gasteiger partial charge in [-0.25, -0.2) is 4.79 Å². The third-order valence-electron chi connectivity index (χ3n) is 7.11. The molecule has 1 spiro atoms. The molecule has 8 nitrogen and oxygen atoms in total. The fraction of sp³-hybridized carbons (Fsp3) is 0.360. The van der Waals surface area contributed by atoms with Gasteiger partial charge in [-0.05, 0) is 41.7 Å². The van der Waals surface area contributed by atoms with E-state index >= 15 is 0 Å². The van der Waals surface area contributed by atoms with Crippen LogP contribution in [0.5, 0.6) is 0 Å². The van der Waals surface area contributed by atoms with E-state index in [0.29, 0.717) is 24.9 Å². The van der Waals surface area contributed by atoms with Crippen molar-refractivity contribution in [1.82, 2.24) is 15.1 Å². The minimum atomic E-state index is -0.898. The number of hydrogen-bond acceptors (Lipinski definition) is 4. The Hall–Kier alpha value is -3.68. The molecule has 1 aliphatic carbocycles. The van der Waals surface area contributed by atoms with Gasteiger partial charge in [-0.3, -0.25) is 19.7 Å². The van der Waals surface area contributed by atoms with E-state index in [0.717, 1.165) is 29.5 Å². The number of fused-ring (bicyclic) bond motifs is 1. The zero-order chi connectivity index (χ0) is 23.2. The van der Waals surface area contributed by atoms with Gasteiger partial charge in [0.15, 0.2) is 0 Å². The maximum atomic E-state index is 12.9. The molecule has 5 amide bonds. The standard InChI is InChI=1S/C25H26N4O4/c1-28-24(33)27-23(32)25(28)13-17-10-11-19(12-18(17)14-25)26-21(30)15-29-20(8-5-9-22(29)31)16-6-3-2-4-7-16/h2-4,6-7,10-12,20H,5,8-9,13-15H2,1H3,(H,26,30)(H,27,32,33)/t20-,25+/m1/s1. The highest BCUT2D eigenvalue weighted by Gasteiger charge is 2.54. The van der Waals surface area contributed by atoms with Crippen LogP contribution in [0, 0.1) is 0 Å². The molecular formula is C25H26N4O4. The SMILES string of the molecule is CN1C(=O)NC(=O)[C@@]12Cc1ccc(NC(=O)CN3C(=O)CCC[C@@H]3c3ccccc3)cc1C2. The second-order valence-corrected chi connectivity index (χ2v) is 9.08. The first kappa shape index (κ1) is 21.2. The van der Waals surface area contributed by atoms with Gasteiger partial charge in [0, 0.05) is 32.0 Å². The lowest BCUT2D eigenvalue weighted by Crippen LogP contribution is -2.48. The van der Waals surface area contributed by atoms with Gasteiger partial charge < -0.3 is 15.1 Å². The van der Waals surface area contributed by atoms with Gasteiger partial charge in [-0.1, -0.05) is 36.4 Å². The number of likely N-dealkylation sites (tertiary alicyclic amines) is 1. The second kappa shape index (κ2) is 8.03. The maximum Gasteiger partial charge on any atom is 0.324 e. The first-order chi connectivity index (χ1) is 15.9. The molecule has 170 valence electrons. The predicted molar refractivity (Wildman–Crippen MR) is 121 cm³/mol. The molecule has 2 saturated heterocycles. The van der Waals surface area contributed by atoms with Crippen molar-refractivity contribution >= 4 is 29.4 Å². The van der Waals surface area contributed by atoms with Crippen molar-refractivity contribution in [3.63, 3.8) is 0 Å². The van der Waals surface area contributed by atoms with Gasteiger partial charge >= 0.3 is 6.03 Å². The summed E-state index contributed by atoms with van der Waals surface area (Å²) in [6, 6.07) is 14.9. The Morgan fingerprint density at radius 1 is 1.09 bits per heavy atom. The number of anilines is 1. The molecule has 2 aliphatic heterocycles. The van der Waals surface area contributed by atoms with Crippen LogP contribution in [0.3, 0.4) is 0 Å². The average molecular weight is 447 g/mol. The largest absolute Gasteiger partial charge is 0.326 e.